The largest absolute Gasteiger partial charge is 0.481 e. The molecule has 2 N–H and O–H groups in total. The number of nitrogens with one attached hydrogen (secondary N) is 1. The first-order chi connectivity index (χ1) is 15.8. The Morgan fingerprint density at radius 1 is 1.00 bits per heavy atom. The van der Waals surface area contributed by atoms with Crippen molar-refractivity contribution in [3.8, 4) is 0 Å². The van der Waals surface area contributed by atoms with Crippen LogP contribution in [0.3, 0.4) is 0 Å². The van der Waals surface area contributed by atoms with E-state index in [0.29, 0.717) is 19.4 Å². The fourth-order valence-corrected chi connectivity index (χ4v) is 4.81. The Morgan fingerprint density at radius 3 is 2.36 bits per heavy atom. The molecular formula is C26H30N2O4S. The van der Waals surface area contributed by atoms with Gasteiger partial charge < -0.3 is 5.11 Å². The lowest BCUT2D eigenvalue weighted by Gasteiger charge is -2.18. The molecule has 6 nitrogen and oxygen atoms in total. The van der Waals surface area contributed by atoms with Crippen LogP contribution in [0.1, 0.15) is 53.9 Å². The number of sulfonamides is 1. The van der Waals surface area contributed by atoms with Crippen LogP contribution in [0.15, 0.2) is 78.0 Å². The Hall–Kier alpha value is -3.03. The number of carboxylic acids is 1. The zero-order valence-corrected chi connectivity index (χ0v) is 19.6. The number of unbranched alkanes of at least 4 members (excludes halogenated alkanes) is 1. The first kappa shape index (κ1) is 24.6. The van der Waals surface area contributed by atoms with E-state index in [1.54, 1.807) is 30.5 Å². The number of aryl methyl sites for hydroxylation is 1. The van der Waals surface area contributed by atoms with Gasteiger partial charge in [-0.2, -0.15) is 0 Å². The first-order valence-corrected chi connectivity index (χ1v) is 12.6. The van der Waals surface area contributed by atoms with Gasteiger partial charge in [-0.1, -0.05) is 54.4 Å². The lowest BCUT2D eigenvalue weighted by Crippen LogP contribution is -2.26. The lowest BCUT2D eigenvalue weighted by atomic mass is 9.87. The SMILES string of the molecule is Cc1ccc(S(=O)(=O)NCCc2ccc(C(CCCCC(=O)O)c3cccnc3)cc2)cc1. The molecule has 7 heteroatoms. The van der Waals surface area contributed by atoms with Crippen LogP contribution in [0, 0.1) is 6.92 Å². The van der Waals surface area contributed by atoms with Crippen molar-refractivity contribution in [2.75, 3.05) is 6.54 Å². The number of aliphatic carboxylic acids is 1. The summed E-state index contributed by atoms with van der Waals surface area (Å²) in [5, 5.41) is 8.89. The van der Waals surface area contributed by atoms with Crippen molar-refractivity contribution in [3.05, 3.63) is 95.3 Å². The molecule has 0 amide bonds. The van der Waals surface area contributed by atoms with Gasteiger partial charge in [-0.25, -0.2) is 13.1 Å². The number of carboxylic acid groups (broad SMARTS) is 1. The molecule has 1 aromatic heterocycles. The van der Waals surface area contributed by atoms with Gasteiger partial charge in [0.25, 0.3) is 0 Å². The fraction of sp³-hybridized carbons (Fsp3) is 0.308. The summed E-state index contributed by atoms with van der Waals surface area (Å²) in [7, 11) is -3.52. The second-order valence-electron chi connectivity index (χ2n) is 8.18. The molecule has 0 aliphatic carbocycles. The van der Waals surface area contributed by atoms with Crippen molar-refractivity contribution in [2.45, 2.75) is 49.8 Å². The number of benzene rings is 2. The van der Waals surface area contributed by atoms with E-state index in [1.165, 1.54) is 0 Å². The smallest absolute Gasteiger partial charge is 0.303 e. The van der Waals surface area contributed by atoms with Gasteiger partial charge in [0.15, 0.2) is 0 Å². The number of pyridine rings is 1. The third-order valence-electron chi connectivity index (χ3n) is 5.64. The second-order valence-corrected chi connectivity index (χ2v) is 9.95. The zero-order chi connectivity index (χ0) is 23.7. The second kappa shape index (κ2) is 11.7. The molecule has 1 heterocycles. The van der Waals surface area contributed by atoms with E-state index in [-0.39, 0.29) is 17.2 Å². The van der Waals surface area contributed by atoms with Gasteiger partial charge in [0.2, 0.25) is 10.0 Å². The van der Waals surface area contributed by atoms with Crippen molar-refractivity contribution in [1.82, 2.24) is 9.71 Å². The van der Waals surface area contributed by atoms with Crippen LogP contribution in [0.4, 0.5) is 0 Å². The number of rotatable bonds is 12. The summed E-state index contributed by atoms with van der Waals surface area (Å²) >= 11 is 0. The number of aromatic nitrogens is 1. The molecule has 2 aromatic carbocycles. The van der Waals surface area contributed by atoms with Crippen molar-refractivity contribution in [2.24, 2.45) is 0 Å². The molecule has 0 saturated carbocycles. The molecule has 1 unspecified atom stereocenters. The zero-order valence-electron chi connectivity index (χ0n) is 18.8. The number of hydrogen-bond acceptors (Lipinski definition) is 4. The normalized spacial score (nSPS) is 12.4. The molecule has 0 aliphatic heterocycles. The standard InChI is InChI=1S/C26H30N2O4S/c1-20-8-14-24(15-9-20)33(31,32)28-18-16-21-10-12-22(13-11-21)25(6-2-3-7-26(29)30)23-5-4-17-27-19-23/h4-5,8-15,17,19,25,28H,2-3,6-7,16,18H2,1H3,(H,29,30). The van der Waals surface area contributed by atoms with Crippen LogP contribution in [-0.2, 0) is 21.2 Å². The summed E-state index contributed by atoms with van der Waals surface area (Å²) in [6.45, 7) is 2.24. The molecule has 33 heavy (non-hydrogen) atoms. The summed E-state index contributed by atoms with van der Waals surface area (Å²) in [6, 6.07) is 18.9. The molecule has 174 valence electrons. The van der Waals surface area contributed by atoms with Crippen LogP contribution >= 0.6 is 0 Å². The van der Waals surface area contributed by atoms with Crippen molar-refractivity contribution < 1.29 is 18.3 Å². The number of carbonyl (C=O) groups is 1. The summed E-state index contributed by atoms with van der Waals surface area (Å²) in [6.07, 6.45) is 6.66. The highest BCUT2D eigenvalue weighted by atomic mass is 32.2. The van der Waals surface area contributed by atoms with E-state index in [1.807, 2.05) is 37.4 Å². The van der Waals surface area contributed by atoms with Gasteiger partial charge in [0.05, 0.1) is 4.90 Å². The predicted octanol–water partition coefficient (Wildman–Crippen LogP) is 4.69. The van der Waals surface area contributed by atoms with Gasteiger partial charge in [-0.3, -0.25) is 9.78 Å². The van der Waals surface area contributed by atoms with E-state index in [0.717, 1.165) is 35.1 Å². The maximum absolute atomic E-state index is 12.4. The fourth-order valence-electron chi connectivity index (χ4n) is 3.78. The molecule has 0 saturated heterocycles. The van der Waals surface area contributed by atoms with Gasteiger partial charge in [-0.15, -0.1) is 0 Å². The third-order valence-corrected chi connectivity index (χ3v) is 7.12. The molecule has 0 aliphatic rings. The quantitative estimate of drug-likeness (QED) is 0.378. The van der Waals surface area contributed by atoms with E-state index in [9.17, 15) is 13.2 Å². The highest BCUT2D eigenvalue weighted by Crippen LogP contribution is 2.30. The minimum absolute atomic E-state index is 0.140. The Bertz CT molecular complexity index is 1130. The van der Waals surface area contributed by atoms with Crippen LogP contribution in [0.5, 0.6) is 0 Å². The highest BCUT2D eigenvalue weighted by Gasteiger charge is 2.15. The molecule has 0 bridgehead atoms. The molecule has 0 radical (unpaired) electrons. The lowest BCUT2D eigenvalue weighted by molar-refractivity contribution is -0.137. The topological polar surface area (TPSA) is 96.4 Å². The average molecular weight is 467 g/mol. The molecule has 3 aromatic rings. The highest BCUT2D eigenvalue weighted by molar-refractivity contribution is 7.89. The van der Waals surface area contributed by atoms with Gasteiger partial charge in [-0.05, 0) is 61.1 Å². The minimum Gasteiger partial charge on any atom is -0.481 e. The maximum Gasteiger partial charge on any atom is 0.303 e. The van der Waals surface area contributed by atoms with Crippen LogP contribution in [0.2, 0.25) is 0 Å². The Morgan fingerprint density at radius 2 is 1.73 bits per heavy atom. The summed E-state index contributed by atoms with van der Waals surface area (Å²) in [4.78, 5) is 15.3. The molecule has 0 spiro atoms. The molecule has 0 fully saturated rings. The van der Waals surface area contributed by atoms with Crippen molar-refractivity contribution >= 4 is 16.0 Å². The van der Waals surface area contributed by atoms with E-state index >= 15 is 0 Å². The summed E-state index contributed by atoms with van der Waals surface area (Å²) in [5.74, 6) is -0.628. The van der Waals surface area contributed by atoms with E-state index in [2.05, 4.69) is 21.8 Å². The Balaban J connectivity index is 1.61. The first-order valence-electron chi connectivity index (χ1n) is 11.1. The maximum atomic E-state index is 12.4. The van der Waals surface area contributed by atoms with Gasteiger partial charge >= 0.3 is 5.97 Å². The monoisotopic (exact) mass is 466 g/mol. The molecule has 3 rings (SSSR count). The van der Waals surface area contributed by atoms with Gasteiger partial charge in [0.1, 0.15) is 0 Å². The number of hydrogen-bond donors (Lipinski definition) is 2. The average Bonchev–Trinajstić information content (AvgIpc) is 2.80. The van der Waals surface area contributed by atoms with E-state index in [4.69, 9.17) is 5.11 Å². The van der Waals surface area contributed by atoms with Crippen molar-refractivity contribution in [3.63, 3.8) is 0 Å². The third kappa shape index (κ3) is 7.51. The van der Waals surface area contributed by atoms with Gasteiger partial charge in [0, 0.05) is 31.3 Å². The van der Waals surface area contributed by atoms with E-state index < -0.39 is 16.0 Å². The Kier molecular flexibility index (Phi) is 8.74. The predicted molar refractivity (Wildman–Crippen MR) is 129 cm³/mol. The van der Waals surface area contributed by atoms with Crippen molar-refractivity contribution in [1.29, 1.82) is 0 Å². The Labute approximate surface area is 195 Å². The molecular weight excluding hydrogens is 436 g/mol. The minimum atomic E-state index is -3.52. The summed E-state index contributed by atoms with van der Waals surface area (Å²) in [5.41, 5.74) is 4.30. The van der Waals surface area contributed by atoms with Crippen LogP contribution < -0.4 is 4.72 Å². The number of nitrogens with zero attached hydrogens (tertiary/aromatic N) is 1. The van der Waals surface area contributed by atoms with Crippen LogP contribution in [0.25, 0.3) is 0 Å². The van der Waals surface area contributed by atoms with Crippen LogP contribution in [-0.4, -0.2) is 31.0 Å². The molecule has 1 atom stereocenters. The summed E-state index contributed by atoms with van der Waals surface area (Å²) < 4.78 is 27.6.